The Bertz CT molecular complexity index is 615. The number of allylic oxidation sites excluding steroid dienone is 1. The Morgan fingerprint density at radius 3 is 2.62 bits per heavy atom. The first kappa shape index (κ1) is 15.0. The molecule has 0 atom stereocenters. The SMILES string of the molecule is C=CCc1cc(C(=O)CC)ccc1OCc1ccccc1. The Labute approximate surface area is 126 Å². The van der Waals surface area contributed by atoms with Crippen molar-refractivity contribution < 1.29 is 9.53 Å². The third-order valence-electron chi connectivity index (χ3n) is 3.30. The number of ketones is 1. The lowest BCUT2D eigenvalue weighted by molar-refractivity contribution is 0.0988. The van der Waals surface area contributed by atoms with Crippen LogP contribution in [0.5, 0.6) is 5.75 Å². The second-order valence-electron chi connectivity index (χ2n) is 4.87. The van der Waals surface area contributed by atoms with Crippen LogP contribution in [0.25, 0.3) is 0 Å². The number of rotatable bonds is 7. The lowest BCUT2D eigenvalue weighted by Crippen LogP contribution is -2.02. The van der Waals surface area contributed by atoms with Crippen molar-refractivity contribution in [3.05, 3.63) is 77.9 Å². The van der Waals surface area contributed by atoms with Crippen molar-refractivity contribution in [2.24, 2.45) is 0 Å². The minimum Gasteiger partial charge on any atom is -0.489 e. The summed E-state index contributed by atoms with van der Waals surface area (Å²) < 4.78 is 5.89. The van der Waals surface area contributed by atoms with E-state index in [0.29, 0.717) is 19.4 Å². The first-order chi connectivity index (χ1) is 10.2. The lowest BCUT2D eigenvalue weighted by Gasteiger charge is -2.12. The zero-order chi connectivity index (χ0) is 15.1. The summed E-state index contributed by atoms with van der Waals surface area (Å²) in [4.78, 5) is 11.8. The molecule has 0 aliphatic heterocycles. The molecular formula is C19H20O2. The smallest absolute Gasteiger partial charge is 0.162 e. The van der Waals surface area contributed by atoms with Gasteiger partial charge in [-0.3, -0.25) is 4.79 Å². The number of hydrogen-bond donors (Lipinski definition) is 0. The summed E-state index contributed by atoms with van der Waals surface area (Å²) >= 11 is 0. The molecule has 2 aromatic carbocycles. The van der Waals surface area contributed by atoms with Gasteiger partial charge in [0.25, 0.3) is 0 Å². The Morgan fingerprint density at radius 1 is 1.19 bits per heavy atom. The molecule has 0 saturated heterocycles. The first-order valence-corrected chi connectivity index (χ1v) is 7.18. The summed E-state index contributed by atoms with van der Waals surface area (Å²) in [6.45, 7) is 6.16. The topological polar surface area (TPSA) is 26.3 Å². The highest BCUT2D eigenvalue weighted by Gasteiger charge is 2.09. The maximum atomic E-state index is 11.8. The number of carbonyl (C=O) groups is 1. The lowest BCUT2D eigenvalue weighted by atomic mass is 10.0. The van der Waals surface area contributed by atoms with Crippen molar-refractivity contribution in [1.29, 1.82) is 0 Å². The van der Waals surface area contributed by atoms with Gasteiger partial charge < -0.3 is 4.74 Å². The average Bonchev–Trinajstić information content (AvgIpc) is 2.54. The minimum atomic E-state index is 0.148. The molecule has 0 aliphatic rings. The van der Waals surface area contributed by atoms with Gasteiger partial charge in [0.05, 0.1) is 0 Å². The molecule has 21 heavy (non-hydrogen) atoms. The third kappa shape index (κ3) is 4.06. The summed E-state index contributed by atoms with van der Waals surface area (Å²) in [5.41, 5.74) is 2.86. The second kappa shape index (κ2) is 7.44. The third-order valence-corrected chi connectivity index (χ3v) is 3.30. The van der Waals surface area contributed by atoms with Gasteiger partial charge in [-0.15, -0.1) is 6.58 Å². The number of Topliss-reactive ketones (excluding diaryl/α,β-unsaturated/α-hetero) is 1. The van der Waals surface area contributed by atoms with Crippen LogP contribution in [0.15, 0.2) is 61.2 Å². The Kier molecular flexibility index (Phi) is 5.33. The molecule has 0 radical (unpaired) electrons. The molecule has 0 bridgehead atoms. The van der Waals surface area contributed by atoms with Crippen LogP contribution in [0.4, 0.5) is 0 Å². The van der Waals surface area contributed by atoms with Crippen molar-refractivity contribution in [2.45, 2.75) is 26.4 Å². The minimum absolute atomic E-state index is 0.148. The molecule has 0 heterocycles. The number of ether oxygens (including phenoxy) is 1. The van der Waals surface area contributed by atoms with Gasteiger partial charge in [0.1, 0.15) is 12.4 Å². The molecule has 0 saturated carbocycles. The van der Waals surface area contributed by atoms with Gasteiger partial charge in [-0.2, -0.15) is 0 Å². The highest BCUT2D eigenvalue weighted by atomic mass is 16.5. The largest absolute Gasteiger partial charge is 0.489 e. The van der Waals surface area contributed by atoms with E-state index < -0.39 is 0 Å². The Morgan fingerprint density at radius 2 is 1.95 bits per heavy atom. The molecule has 0 fully saturated rings. The fourth-order valence-electron chi connectivity index (χ4n) is 2.15. The van der Waals surface area contributed by atoms with E-state index in [1.54, 1.807) is 0 Å². The molecule has 0 N–H and O–H groups in total. The number of carbonyl (C=O) groups excluding carboxylic acids is 1. The highest BCUT2D eigenvalue weighted by Crippen LogP contribution is 2.23. The predicted octanol–water partition coefficient (Wildman–Crippen LogP) is 4.59. The zero-order valence-corrected chi connectivity index (χ0v) is 12.3. The van der Waals surface area contributed by atoms with Gasteiger partial charge >= 0.3 is 0 Å². The molecule has 0 amide bonds. The summed E-state index contributed by atoms with van der Waals surface area (Å²) in [6, 6.07) is 15.7. The van der Waals surface area contributed by atoms with Gasteiger partial charge in [-0.1, -0.05) is 43.3 Å². The summed E-state index contributed by atoms with van der Waals surface area (Å²) in [5.74, 6) is 0.960. The maximum absolute atomic E-state index is 11.8. The zero-order valence-electron chi connectivity index (χ0n) is 12.3. The quantitative estimate of drug-likeness (QED) is 0.548. The van der Waals surface area contributed by atoms with E-state index in [2.05, 4.69) is 6.58 Å². The molecule has 0 aromatic heterocycles. The second-order valence-corrected chi connectivity index (χ2v) is 4.87. The standard InChI is InChI=1S/C19H20O2/c1-3-8-17-13-16(18(20)4-2)11-12-19(17)21-14-15-9-6-5-7-10-15/h3,5-7,9-13H,1,4,8,14H2,2H3. The van der Waals surface area contributed by atoms with Crippen LogP contribution in [0, 0.1) is 0 Å². The Hall–Kier alpha value is -2.35. The maximum Gasteiger partial charge on any atom is 0.162 e. The number of hydrogen-bond acceptors (Lipinski definition) is 2. The molecule has 108 valence electrons. The molecular weight excluding hydrogens is 260 g/mol. The van der Waals surface area contributed by atoms with Gasteiger partial charge in [-0.05, 0) is 35.7 Å². The van der Waals surface area contributed by atoms with E-state index in [9.17, 15) is 4.79 Å². The molecule has 0 unspecified atom stereocenters. The summed E-state index contributed by atoms with van der Waals surface area (Å²) in [6.07, 6.45) is 3.03. The molecule has 0 spiro atoms. The van der Waals surface area contributed by atoms with Crippen molar-refractivity contribution in [3.63, 3.8) is 0 Å². The fraction of sp³-hybridized carbons (Fsp3) is 0.211. The van der Waals surface area contributed by atoms with E-state index in [-0.39, 0.29) is 5.78 Å². The van der Waals surface area contributed by atoms with Crippen LogP contribution < -0.4 is 4.74 Å². The fourth-order valence-corrected chi connectivity index (χ4v) is 2.15. The van der Waals surface area contributed by atoms with Crippen LogP contribution in [0.3, 0.4) is 0 Å². The van der Waals surface area contributed by atoms with Crippen molar-refractivity contribution >= 4 is 5.78 Å². The van der Waals surface area contributed by atoms with Crippen LogP contribution >= 0.6 is 0 Å². The van der Waals surface area contributed by atoms with E-state index in [1.807, 2.05) is 61.5 Å². The van der Waals surface area contributed by atoms with Crippen molar-refractivity contribution in [3.8, 4) is 5.75 Å². The van der Waals surface area contributed by atoms with Gasteiger partial charge in [0.15, 0.2) is 5.78 Å². The van der Waals surface area contributed by atoms with Crippen LogP contribution in [-0.2, 0) is 13.0 Å². The highest BCUT2D eigenvalue weighted by molar-refractivity contribution is 5.96. The van der Waals surface area contributed by atoms with Crippen LogP contribution in [-0.4, -0.2) is 5.78 Å². The van der Waals surface area contributed by atoms with E-state index >= 15 is 0 Å². The average molecular weight is 280 g/mol. The molecule has 2 rings (SSSR count). The molecule has 0 aliphatic carbocycles. The van der Waals surface area contributed by atoms with Gasteiger partial charge in [0.2, 0.25) is 0 Å². The van der Waals surface area contributed by atoms with Crippen LogP contribution in [0.2, 0.25) is 0 Å². The predicted molar refractivity (Wildman–Crippen MR) is 85.7 cm³/mol. The van der Waals surface area contributed by atoms with Gasteiger partial charge in [-0.25, -0.2) is 0 Å². The van der Waals surface area contributed by atoms with Crippen molar-refractivity contribution in [1.82, 2.24) is 0 Å². The van der Waals surface area contributed by atoms with Gasteiger partial charge in [0, 0.05) is 12.0 Å². The van der Waals surface area contributed by atoms with E-state index in [0.717, 1.165) is 22.4 Å². The van der Waals surface area contributed by atoms with Crippen molar-refractivity contribution in [2.75, 3.05) is 0 Å². The summed E-state index contributed by atoms with van der Waals surface area (Å²) in [5, 5.41) is 0. The van der Waals surface area contributed by atoms with Crippen LogP contribution in [0.1, 0.15) is 34.8 Å². The van der Waals surface area contributed by atoms with E-state index in [4.69, 9.17) is 4.74 Å². The molecule has 2 nitrogen and oxygen atoms in total. The normalized spacial score (nSPS) is 10.1. The Balaban J connectivity index is 2.18. The summed E-state index contributed by atoms with van der Waals surface area (Å²) in [7, 11) is 0. The monoisotopic (exact) mass is 280 g/mol. The van der Waals surface area contributed by atoms with E-state index in [1.165, 1.54) is 0 Å². The molecule has 2 aromatic rings. The first-order valence-electron chi connectivity index (χ1n) is 7.18. The molecule has 2 heteroatoms. The number of benzene rings is 2.